The molecule has 0 saturated heterocycles. The Bertz CT molecular complexity index is 890. The Kier molecular flexibility index (Phi) is 6.19. The molecule has 0 radical (unpaired) electrons. The fourth-order valence-electron chi connectivity index (χ4n) is 2.79. The second-order valence-corrected chi connectivity index (χ2v) is 7.50. The first-order valence-corrected chi connectivity index (χ1v) is 9.67. The number of esters is 1. The van der Waals surface area contributed by atoms with E-state index in [0.29, 0.717) is 13.0 Å². The van der Waals surface area contributed by atoms with Crippen molar-refractivity contribution in [2.75, 3.05) is 7.05 Å². The number of rotatable bonds is 7. The van der Waals surface area contributed by atoms with Crippen LogP contribution in [0.2, 0.25) is 0 Å². The third-order valence-corrected chi connectivity index (χ3v) is 5.27. The molecule has 0 spiro atoms. The lowest BCUT2D eigenvalue weighted by atomic mass is 10.2. The number of aryl methyl sites for hydroxylation is 1. The van der Waals surface area contributed by atoms with E-state index >= 15 is 0 Å². The third kappa shape index (κ3) is 5.14. The monoisotopic (exact) mass is 382 g/mol. The van der Waals surface area contributed by atoms with E-state index in [1.54, 1.807) is 30.2 Å². The van der Waals surface area contributed by atoms with Crippen LogP contribution >= 0.6 is 11.3 Å². The normalized spacial score (nSPS) is 11.9. The molecule has 0 aliphatic carbocycles. The van der Waals surface area contributed by atoms with E-state index in [1.165, 1.54) is 0 Å². The van der Waals surface area contributed by atoms with Crippen molar-refractivity contribution < 1.29 is 14.3 Å². The average molecular weight is 382 g/mol. The van der Waals surface area contributed by atoms with Gasteiger partial charge in [-0.3, -0.25) is 9.59 Å². The number of hydrogen-bond donors (Lipinski definition) is 0. The number of nitrogens with zero attached hydrogens (tertiary/aromatic N) is 2. The van der Waals surface area contributed by atoms with E-state index in [2.05, 4.69) is 4.98 Å². The lowest BCUT2D eigenvalue weighted by Crippen LogP contribution is -2.37. The van der Waals surface area contributed by atoms with Crippen LogP contribution in [0.3, 0.4) is 0 Å². The van der Waals surface area contributed by atoms with E-state index in [1.807, 2.05) is 54.6 Å². The average Bonchev–Trinajstić information content (AvgIpc) is 3.09. The number of likely N-dealkylation sites (N-methyl/N-ethyl adjacent to an activating group) is 1. The van der Waals surface area contributed by atoms with Crippen LogP contribution in [-0.4, -0.2) is 34.9 Å². The van der Waals surface area contributed by atoms with E-state index in [-0.39, 0.29) is 18.3 Å². The molecule has 1 heterocycles. The first-order chi connectivity index (χ1) is 13.0. The van der Waals surface area contributed by atoms with Gasteiger partial charge in [0.25, 0.3) is 5.91 Å². The lowest BCUT2D eigenvalue weighted by molar-refractivity contribution is -0.158. The molecule has 0 N–H and O–H groups in total. The van der Waals surface area contributed by atoms with E-state index in [4.69, 9.17) is 4.74 Å². The summed E-state index contributed by atoms with van der Waals surface area (Å²) in [6.07, 6.45) is -0.0831. The van der Waals surface area contributed by atoms with E-state index in [9.17, 15) is 9.59 Å². The quantitative estimate of drug-likeness (QED) is 0.583. The zero-order valence-electron chi connectivity index (χ0n) is 15.4. The van der Waals surface area contributed by atoms with Gasteiger partial charge in [-0.05, 0) is 24.6 Å². The SMILES string of the molecule is C[C@@H](OC(=O)CCc1nc2ccccc2s1)C(=O)N(C)Cc1ccccc1. The van der Waals surface area contributed by atoms with Crippen molar-refractivity contribution in [1.29, 1.82) is 0 Å². The Balaban J connectivity index is 1.48. The molecule has 3 rings (SSSR count). The first kappa shape index (κ1) is 19.0. The summed E-state index contributed by atoms with van der Waals surface area (Å²) in [7, 11) is 1.71. The topological polar surface area (TPSA) is 59.5 Å². The molecule has 6 heteroatoms. The fourth-order valence-corrected chi connectivity index (χ4v) is 3.75. The van der Waals surface area contributed by atoms with Crippen LogP contribution in [0.1, 0.15) is 23.9 Å². The summed E-state index contributed by atoms with van der Waals surface area (Å²) >= 11 is 1.58. The van der Waals surface area contributed by atoms with Crippen molar-refractivity contribution in [2.24, 2.45) is 0 Å². The maximum Gasteiger partial charge on any atom is 0.306 e. The van der Waals surface area contributed by atoms with Crippen molar-refractivity contribution in [2.45, 2.75) is 32.4 Å². The minimum Gasteiger partial charge on any atom is -0.453 e. The molecule has 0 aliphatic heterocycles. The van der Waals surface area contributed by atoms with Gasteiger partial charge in [0, 0.05) is 20.0 Å². The number of para-hydroxylation sites is 1. The Morgan fingerprint density at radius 1 is 1.11 bits per heavy atom. The number of ether oxygens (including phenoxy) is 1. The van der Waals surface area contributed by atoms with Crippen molar-refractivity contribution in [3.8, 4) is 0 Å². The molecular formula is C21H22N2O3S. The summed E-state index contributed by atoms with van der Waals surface area (Å²) in [5, 5.41) is 0.897. The predicted molar refractivity (Wildman–Crippen MR) is 106 cm³/mol. The number of thiazole rings is 1. The second kappa shape index (κ2) is 8.77. The minimum absolute atomic E-state index is 0.208. The summed E-state index contributed by atoms with van der Waals surface area (Å²) in [5.41, 5.74) is 1.97. The summed E-state index contributed by atoms with van der Waals surface area (Å²) in [6, 6.07) is 17.6. The molecule has 0 bridgehead atoms. The Hall–Kier alpha value is -2.73. The Morgan fingerprint density at radius 2 is 1.81 bits per heavy atom. The highest BCUT2D eigenvalue weighted by atomic mass is 32.1. The maximum atomic E-state index is 12.4. The molecule has 2 aromatic carbocycles. The molecule has 1 amide bonds. The van der Waals surface area contributed by atoms with Gasteiger partial charge in [-0.15, -0.1) is 11.3 Å². The van der Waals surface area contributed by atoms with Crippen molar-refractivity contribution in [3.05, 3.63) is 65.2 Å². The van der Waals surface area contributed by atoms with Crippen LogP contribution in [0.4, 0.5) is 0 Å². The zero-order valence-corrected chi connectivity index (χ0v) is 16.2. The van der Waals surface area contributed by atoms with Crippen LogP contribution in [-0.2, 0) is 27.3 Å². The molecule has 140 valence electrons. The molecule has 27 heavy (non-hydrogen) atoms. The van der Waals surface area contributed by atoms with Crippen molar-refractivity contribution in [1.82, 2.24) is 9.88 Å². The standard InChI is InChI=1S/C21H22N2O3S/c1-15(21(25)23(2)14-16-8-4-3-5-9-16)26-20(24)13-12-19-22-17-10-6-7-11-18(17)27-19/h3-11,15H,12-14H2,1-2H3/t15-/m1/s1. The van der Waals surface area contributed by atoms with Crippen LogP contribution in [0.25, 0.3) is 10.2 Å². The molecule has 0 fully saturated rings. The number of fused-ring (bicyclic) bond motifs is 1. The molecule has 3 aromatic rings. The van der Waals surface area contributed by atoms with Gasteiger partial charge < -0.3 is 9.64 Å². The van der Waals surface area contributed by atoms with Crippen LogP contribution in [0.5, 0.6) is 0 Å². The summed E-state index contributed by atoms with van der Waals surface area (Å²) in [5.74, 6) is -0.601. The Morgan fingerprint density at radius 3 is 2.56 bits per heavy atom. The van der Waals surface area contributed by atoms with Gasteiger partial charge >= 0.3 is 5.97 Å². The number of carbonyl (C=O) groups is 2. The maximum absolute atomic E-state index is 12.4. The van der Waals surface area contributed by atoms with Gasteiger partial charge in [0.2, 0.25) is 0 Å². The lowest BCUT2D eigenvalue weighted by Gasteiger charge is -2.21. The largest absolute Gasteiger partial charge is 0.453 e. The summed E-state index contributed by atoms with van der Waals surface area (Å²) < 4.78 is 6.42. The zero-order chi connectivity index (χ0) is 19.2. The minimum atomic E-state index is -0.804. The smallest absolute Gasteiger partial charge is 0.306 e. The number of amides is 1. The van der Waals surface area contributed by atoms with E-state index in [0.717, 1.165) is 20.8 Å². The van der Waals surface area contributed by atoms with Gasteiger partial charge in [0.15, 0.2) is 6.10 Å². The van der Waals surface area contributed by atoms with Crippen molar-refractivity contribution in [3.63, 3.8) is 0 Å². The van der Waals surface area contributed by atoms with Gasteiger partial charge in [-0.2, -0.15) is 0 Å². The summed E-state index contributed by atoms with van der Waals surface area (Å²) in [6.45, 7) is 2.09. The highest BCUT2D eigenvalue weighted by molar-refractivity contribution is 7.18. The van der Waals surface area contributed by atoms with Gasteiger partial charge in [-0.25, -0.2) is 4.98 Å². The summed E-state index contributed by atoms with van der Waals surface area (Å²) in [4.78, 5) is 30.6. The number of carbonyl (C=O) groups excluding carboxylic acids is 2. The van der Waals surface area contributed by atoms with Crippen LogP contribution in [0, 0.1) is 0 Å². The molecule has 1 aromatic heterocycles. The third-order valence-electron chi connectivity index (χ3n) is 4.18. The molecule has 5 nitrogen and oxygen atoms in total. The molecule has 0 aliphatic rings. The Labute approximate surface area is 162 Å². The van der Waals surface area contributed by atoms with Gasteiger partial charge in [0.1, 0.15) is 0 Å². The fraction of sp³-hybridized carbons (Fsp3) is 0.286. The number of aromatic nitrogens is 1. The van der Waals surface area contributed by atoms with Crippen LogP contribution in [0.15, 0.2) is 54.6 Å². The highest BCUT2D eigenvalue weighted by Gasteiger charge is 2.21. The molecule has 0 unspecified atom stereocenters. The number of hydrogen-bond acceptors (Lipinski definition) is 5. The highest BCUT2D eigenvalue weighted by Crippen LogP contribution is 2.22. The van der Waals surface area contributed by atoms with Gasteiger partial charge in [0.05, 0.1) is 21.6 Å². The first-order valence-electron chi connectivity index (χ1n) is 8.86. The van der Waals surface area contributed by atoms with Crippen LogP contribution < -0.4 is 0 Å². The molecular weight excluding hydrogens is 360 g/mol. The molecule has 0 saturated carbocycles. The number of benzene rings is 2. The van der Waals surface area contributed by atoms with Gasteiger partial charge in [-0.1, -0.05) is 42.5 Å². The van der Waals surface area contributed by atoms with E-state index < -0.39 is 6.10 Å². The van der Waals surface area contributed by atoms with Crippen molar-refractivity contribution >= 4 is 33.4 Å². The second-order valence-electron chi connectivity index (χ2n) is 6.39. The predicted octanol–water partition coefficient (Wildman–Crippen LogP) is 3.82. The molecule has 1 atom stereocenters.